The average Bonchev–Trinajstić information content (AvgIpc) is 3.11. The maximum atomic E-state index is 13.9. The normalized spacial score (nSPS) is 10.8. The Morgan fingerprint density at radius 3 is 2.59 bits per heavy atom. The maximum absolute atomic E-state index is 13.9. The van der Waals surface area contributed by atoms with Crippen LogP contribution in [0.1, 0.15) is 16.1 Å². The molecular weight excluding hydrogens is 387 g/mol. The van der Waals surface area contributed by atoms with Crippen LogP contribution in [0.25, 0.3) is 10.9 Å². The Kier molecular flexibility index (Phi) is 5.53. The molecule has 6 heteroatoms. The van der Waals surface area contributed by atoms with Crippen LogP contribution < -0.4 is 10.1 Å². The lowest BCUT2D eigenvalue weighted by Gasteiger charge is -2.08. The monoisotopic (exact) mass is 406 g/mol. The summed E-state index contributed by atoms with van der Waals surface area (Å²) in [5, 5.41) is 3.74. The summed E-state index contributed by atoms with van der Waals surface area (Å²) >= 11 is 1.51. The first-order chi connectivity index (χ1) is 14.2. The van der Waals surface area contributed by atoms with Gasteiger partial charge in [0.2, 0.25) is 0 Å². The van der Waals surface area contributed by atoms with Crippen LogP contribution in [0.2, 0.25) is 0 Å². The van der Waals surface area contributed by atoms with E-state index in [1.54, 1.807) is 25.3 Å². The number of fused-ring (bicyclic) bond motifs is 1. The molecule has 1 heterocycles. The molecule has 0 radical (unpaired) electrons. The number of hydrogen-bond acceptors (Lipinski definition) is 3. The predicted molar refractivity (Wildman–Crippen MR) is 113 cm³/mol. The second kappa shape index (κ2) is 8.41. The Morgan fingerprint density at radius 1 is 1.07 bits per heavy atom. The number of nitrogens with one attached hydrogen (secondary N) is 2. The van der Waals surface area contributed by atoms with Crippen molar-refractivity contribution in [3.8, 4) is 5.75 Å². The van der Waals surface area contributed by atoms with Crippen molar-refractivity contribution in [2.45, 2.75) is 16.3 Å². The fraction of sp³-hybridized carbons (Fsp3) is 0.0870. The Bertz CT molecular complexity index is 1160. The minimum absolute atomic E-state index is 0.111. The molecule has 2 N–H and O–H groups in total. The van der Waals surface area contributed by atoms with Gasteiger partial charge >= 0.3 is 0 Å². The van der Waals surface area contributed by atoms with E-state index in [1.807, 2.05) is 48.5 Å². The number of aromatic nitrogens is 1. The standard InChI is InChI=1S/C23H19FN2O2S/c1-28-16-11-12-18-20(13-16)26-21(22(18)29-17-8-3-2-4-9-17)23(27)25-14-15-7-5-6-10-19(15)24/h2-13,26H,14H2,1H3,(H,25,27). The van der Waals surface area contributed by atoms with Crippen LogP contribution in [-0.2, 0) is 6.54 Å². The minimum atomic E-state index is -0.340. The molecule has 4 rings (SSSR count). The Morgan fingerprint density at radius 2 is 1.83 bits per heavy atom. The summed E-state index contributed by atoms with van der Waals surface area (Å²) in [4.78, 5) is 18.0. The molecule has 1 aromatic heterocycles. The number of H-pyrrole nitrogens is 1. The molecule has 3 aromatic carbocycles. The lowest BCUT2D eigenvalue weighted by Crippen LogP contribution is -2.24. The number of methoxy groups -OCH3 is 1. The van der Waals surface area contributed by atoms with Crippen LogP contribution in [0.15, 0.2) is 82.6 Å². The second-order valence-electron chi connectivity index (χ2n) is 6.43. The van der Waals surface area contributed by atoms with Gasteiger partial charge in [0.25, 0.3) is 5.91 Å². The Hall–Kier alpha value is -3.25. The smallest absolute Gasteiger partial charge is 0.269 e. The highest BCUT2D eigenvalue weighted by molar-refractivity contribution is 7.99. The summed E-state index contributed by atoms with van der Waals surface area (Å²) in [5.41, 5.74) is 1.69. The quantitative estimate of drug-likeness (QED) is 0.451. The zero-order valence-electron chi connectivity index (χ0n) is 15.7. The molecule has 0 aliphatic carbocycles. The number of benzene rings is 3. The number of aromatic amines is 1. The van der Waals surface area contributed by atoms with Crippen LogP contribution >= 0.6 is 11.8 Å². The van der Waals surface area contributed by atoms with Crippen LogP contribution in [-0.4, -0.2) is 18.0 Å². The number of carbonyl (C=O) groups excluding carboxylic acids is 1. The predicted octanol–water partition coefficient (Wildman–Crippen LogP) is 5.40. The van der Waals surface area contributed by atoms with Gasteiger partial charge in [0.1, 0.15) is 17.3 Å². The van der Waals surface area contributed by atoms with Crippen molar-refractivity contribution in [2.75, 3.05) is 7.11 Å². The van der Waals surface area contributed by atoms with E-state index >= 15 is 0 Å². The number of hydrogen-bond donors (Lipinski definition) is 2. The molecule has 1 amide bonds. The molecule has 0 saturated carbocycles. The molecule has 0 atom stereocenters. The van der Waals surface area contributed by atoms with E-state index in [9.17, 15) is 9.18 Å². The summed E-state index contributed by atoms with van der Waals surface area (Å²) < 4.78 is 19.2. The highest BCUT2D eigenvalue weighted by Gasteiger charge is 2.19. The van der Waals surface area contributed by atoms with E-state index < -0.39 is 0 Å². The number of ether oxygens (including phenoxy) is 1. The fourth-order valence-corrected chi connectivity index (χ4v) is 4.12. The van der Waals surface area contributed by atoms with Crippen molar-refractivity contribution >= 4 is 28.6 Å². The molecule has 4 nitrogen and oxygen atoms in total. The van der Waals surface area contributed by atoms with Crippen molar-refractivity contribution in [3.63, 3.8) is 0 Å². The van der Waals surface area contributed by atoms with E-state index in [-0.39, 0.29) is 18.3 Å². The van der Waals surface area contributed by atoms with Crippen molar-refractivity contribution < 1.29 is 13.9 Å². The van der Waals surface area contributed by atoms with Crippen molar-refractivity contribution in [1.29, 1.82) is 0 Å². The largest absolute Gasteiger partial charge is 0.497 e. The molecule has 0 aliphatic heterocycles. The minimum Gasteiger partial charge on any atom is -0.497 e. The van der Waals surface area contributed by atoms with Gasteiger partial charge < -0.3 is 15.0 Å². The van der Waals surface area contributed by atoms with Crippen molar-refractivity contribution in [2.24, 2.45) is 0 Å². The molecule has 4 aromatic rings. The van der Waals surface area contributed by atoms with Crippen molar-refractivity contribution in [3.05, 3.63) is 89.9 Å². The Balaban J connectivity index is 1.68. The number of rotatable bonds is 6. The third-order valence-electron chi connectivity index (χ3n) is 4.55. The van der Waals surface area contributed by atoms with E-state index in [0.717, 1.165) is 20.7 Å². The second-order valence-corrected chi connectivity index (χ2v) is 7.51. The topological polar surface area (TPSA) is 54.1 Å². The van der Waals surface area contributed by atoms with Gasteiger partial charge in [-0.05, 0) is 30.3 Å². The first-order valence-electron chi connectivity index (χ1n) is 9.10. The molecule has 0 spiro atoms. The third-order valence-corrected chi connectivity index (χ3v) is 5.68. The molecular formula is C23H19FN2O2S. The molecule has 0 unspecified atom stereocenters. The number of amides is 1. The summed E-state index contributed by atoms with van der Waals surface area (Å²) in [6.45, 7) is 0.111. The zero-order valence-corrected chi connectivity index (χ0v) is 16.6. The van der Waals surface area contributed by atoms with E-state index in [4.69, 9.17) is 4.74 Å². The summed E-state index contributed by atoms with van der Waals surface area (Å²) in [7, 11) is 1.60. The highest BCUT2D eigenvalue weighted by Crippen LogP contribution is 2.37. The SMILES string of the molecule is COc1ccc2c(Sc3ccccc3)c(C(=O)NCc3ccccc3F)[nH]c2c1. The van der Waals surface area contributed by atoms with Crippen molar-refractivity contribution in [1.82, 2.24) is 10.3 Å². The molecule has 0 bridgehead atoms. The van der Waals surface area contributed by atoms with E-state index in [2.05, 4.69) is 10.3 Å². The molecule has 0 saturated heterocycles. The van der Waals surface area contributed by atoms with Crippen LogP contribution in [0.5, 0.6) is 5.75 Å². The zero-order chi connectivity index (χ0) is 20.2. The van der Waals surface area contributed by atoms with Crippen LogP contribution in [0, 0.1) is 5.82 Å². The van der Waals surface area contributed by atoms with Gasteiger partial charge in [0, 0.05) is 28.5 Å². The van der Waals surface area contributed by atoms with E-state index in [1.165, 1.54) is 17.8 Å². The highest BCUT2D eigenvalue weighted by atomic mass is 32.2. The molecule has 146 valence electrons. The fourth-order valence-electron chi connectivity index (χ4n) is 3.06. The average molecular weight is 406 g/mol. The molecule has 29 heavy (non-hydrogen) atoms. The summed E-state index contributed by atoms with van der Waals surface area (Å²) in [5.74, 6) is 0.0724. The van der Waals surface area contributed by atoms with E-state index in [0.29, 0.717) is 17.0 Å². The first kappa shape index (κ1) is 19.1. The van der Waals surface area contributed by atoms with Crippen LogP contribution in [0.4, 0.5) is 4.39 Å². The van der Waals surface area contributed by atoms with Gasteiger partial charge in [-0.1, -0.05) is 48.2 Å². The lowest BCUT2D eigenvalue weighted by molar-refractivity contribution is 0.0943. The van der Waals surface area contributed by atoms with Gasteiger partial charge in [-0.25, -0.2) is 4.39 Å². The van der Waals surface area contributed by atoms with Gasteiger partial charge in [-0.2, -0.15) is 0 Å². The summed E-state index contributed by atoms with van der Waals surface area (Å²) in [6.07, 6.45) is 0. The summed E-state index contributed by atoms with van der Waals surface area (Å²) in [6, 6.07) is 21.9. The van der Waals surface area contributed by atoms with Gasteiger partial charge in [-0.15, -0.1) is 0 Å². The molecule has 0 aliphatic rings. The van der Waals surface area contributed by atoms with Gasteiger partial charge in [0.05, 0.1) is 17.5 Å². The van der Waals surface area contributed by atoms with Gasteiger partial charge in [-0.3, -0.25) is 4.79 Å². The van der Waals surface area contributed by atoms with Gasteiger partial charge in [0.15, 0.2) is 0 Å². The number of carbonyl (C=O) groups is 1. The first-order valence-corrected chi connectivity index (χ1v) is 9.91. The number of halogens is 1. The van der Waals surface area contributed by atoms with Crippen LogP contribution in [0.3, 0.4) is 0 Å². The lowest BCUT2D eigenvalue weighted by atomic mass is 10.2. The Labute approximate surface area is 172 Å². The molecule has 0 fully saturated rings. The maximum Gasteiger partial charge on any atom is 0.269 e. The third kappa shape index (κ3) is 4.12.